The summed E-state index contributed by atoms with van der Waals surface area (Å²) in [5.41, 5.74) is 2.79. The van der Waals surface area contributed by atoms with E-state index in [2.05, 4.69) is 44.0 Å². The molecule has 0 amide bonds. The van der Waals surface area contributed by atoms with E-state index < -0.39 is 0 Å². The van der Waals surface area contributed by atoms with Crippen molar-refractivity contribution in [3.8, 4) is 11.3 Å². The van der Waals surface area contributed by atoms with Crippen molar-refractivity contribution in [1.29, 1.82) is 0 Å². The lowest BCUT2D eigenvalue weighted by atomic mass is 10.1. The standard InChI is InChI=1S/C20H20N4O/c25-19-15-18(16-7-3-1-4-8-16)21-20(22-19)24-13-11-23(12-14-24)17-9-5-2-6-10-17/h1-10,15H,11-14H2,(H,21,22,25). The SMILES string of the molecule is O=c1cc(-c2ccccc2)nc(N2CCN(c3ccccc3)CC2)[nH]1. The molecule has 1 aromatic heterocycles. The molecule has 0 radical (unpaired) electrons. The molecule has 25 heavy (non-hydrogen) atoms. The fraction of sp³-hybridized carbons (Fsp3) is 0.200. The van der Waals surface area contributed by atoms with Crippen molar-refractivity contribution in [1.82, 2.24) is 9.97 Å². The maximum Gasteiger partial charge on any atom is 0.252 e. The first kappa shape index (κ1) is 15.4. The van der Waals surface area contributed by atoms with Crippen molar-refractivity contribution in [2.45, 2.75) is 0 Å². The van der Waals surface area contributed by atoms with E-state index in [9.17, 15) is 4.79 Å². The molecule has 0 unspecified atom stereocenters. The quantitative estimate of drug-likeness (QED) is 0.801. The van der Waals surface area contributed by atoms with Gasteiger partial charge >= 0.3 is 0 Å². The van der Waals surface area contributed by atoms with E-state index in [1.165, 1.54) is 5.69 Å². The van der Waals surface area contributed by atoms with Crippen LogP contribution in [-0.2, 0) is 0 Å². The minimum absolute atomic E-state index is 0.116. The number of nitrogens with zero attached hydrogens (tertiary/aromatic N) is 3. The molecule has 1 fully saturated rings. The first-order valence-electron chi connectivity index (χ1n) is 8.51. The fourth-order valence-corrected chi connectivity index (χ4v) is 3.17. The van der Waals surface area contributed by atoms with Crippen LogP contribution in [0.25, 0.3) is 11.3 Å². The Morgan fingerprint density at radius 2 is 1.40 bits per heavy atom. The fourth-order valence-electron chi connectivity index (χ4n) is 3.17. The van der Waals surface area contributed by atoms with E-state index in [1.807, 2.05) is 36.4 Å². The highest BCUT2D eigenvalue weighted by molar-refractivity contribution is 5.60. The number of rotatable bonds is 3. The molecule has 126 valence electrons. The summed E-state index contributed by atoms with van der Waals surface area (Å²) in [6.07, 6.45) is 0. The number of aromatic nitrogens is 2. The summed E-state index contributed by atoms with van der Waals surface area (Å²) in [5.74, 6) is 0.652. The van der Waals surface area contributed by atoms with Crippen molar-refractivity contribution in [2.75, 3.05) is 36.0 Å². The van der Waals surface area contributed by atoms with Gasteiger partial charge in [0.1, 0.15) is 0 Å². The molecule has 1 saturated heterocycles. The average Bonchev–Trinajstić information content (AvgIpc) is 2.69. The third kappa shape index (κ3) is 3.40. The van der Waals surface area contributed by atoms with Gasteiger partial charge in [-0.25, -0.2) is 4.98 Å². The molecule has 0 saturated carbocycles. The summed E-state index contributed by atoms with van der Waals surface area (Å²) in [4.78, 5) is 24.1. The molecule has 0 spiro atoms. The van der Waals surface area contributed by atoms with Gasteiger partial charge in [-0.1, -0.05) is 48.5 Å². The highest BCUT2D eigenvalue weighted by Crippen LogP contribution is 2.20. The summed E-state index contributed by atoms with van der Waals surface area (Å²) < 4.78 is 0. The van der Waals surface area contributed by atoms with E-state index in [1.54, 1.807) is 6.07 Å². The summed E-state index contributed by atoms with van der Waals surface area (Å²) in [5, 5.41) is 0. The molecule has 2 aromatic carbocycles. The Kier molecular flexibility index (Phi) is 4.21. The van der Waals surface area contributed by atoms with Gasteiger partial charge in [0.15, 0.2) is 0 Å². The Labute approximate surface area is 146 Å². The third-order valence-electron chi connectivity index (χ3n) is 4.50. The molecular weight excluding hydrogens is 312 g/mol. The van der Waals surface area contributed by atoms with Gasteiger partial charge in [-0.2, -0.15) is 0 Å². The van der Waals surface area contributed by atoms with Gasteiger partial charge in [0.2, 0.25) is 5.95 Å². The number of hydrogen-bond acceptors (Lipinski definition) is 4. The normalized spacial score (nSPS) is 14.6. The molecular formula is C20H20N4O. The second kappa shape index (κ2) is 6.81. The zero-order valence-electron chi connectivity index (χ0n) is 13.9. The number of aromatic amines is 1. The number of benzene rings is 2. The van der Waals surface area contributed by atoms with Crippen LogP contribution in [0.1, 0.15) is 0 Å². The van der Waals surface area contributed by atoms with Crippen LogP contribution in [0.4, 0.5) is 11.6 Å². The van der Waals surface area contributed by atoms with E-state index in [-0.39, 0.29) is 5.56 Å². The topological polar surface area (TPSA) is 52.2 Å². The molecule has 1 aliphatic rings. The Morgan fingerprint density at radius 3 is 2.08 bits per heavy atom. The first-order chi connectivity index (χ1) is 12.3. The Balaban J connectivity index is 1.53. The lowest BCUT2D eigenvalue weighted by Crippen LogP contribution is -2.47. The van der Waals surface area contributed by atoms with Crippen LogP contribution in [0.15, 0.2) is 71.5 Å². The van der Waals surface area contributed by atoms with Crippen molar-refractivity contribution in [3.63, 3.8) is 0 Å². The van der Waals surface area contributed by atoms with Crippen LogP contribution in [0, 0.1) is 0 Å². The second-order valence-electron chi connectivity index (χ2n) is 6.13. The molecule has 5 nitrogen and oxygen atoms in total. The van der Waals surface area contributed by atoms with E-state index in [4.69, 9.17) is 0 Å². The maximum absolute atomic E-state index is 12.1. The molecule has 3 aromatic rings. The predicted octanol–water partition coefficient (Wildman–Crippen LogP) is 2.76. The Bertz CT molecular complexity index is 884. The van der Waals surface area contributed by atoms with Crippen LogP contribution >= 0.6 is 0 Å². The van der Waals surface area contributed by atoms with Gasteiger partial charge < -0.3 is 9.80 Å². The van der Waals surface area contributed by atoms with Gasteiger partial charge in [0.25, 0.3) is 5.56 Å². The van der Waals surface area contributed by atoms with Crippen LogP contribution in [0.5, 0.6) is 0 Å². The van der Waals surface area contributed by atoms with Crippen molar-refractivity contribution in [3.05, 3.63) is 77.1 Å². The van der Waals surface area contributed by atoms with Crippen molar-refractivity contribution in [2.24, 2.45) is 0 Å². The third-order valence-corrected chi connectivity index (χ3v) is 4.50. The highest BCUT2D eigenvalue weighted by atomic mass is 16.1. The Hall–Kier alpha value is -3.08. The lowest BCUT2D eigenvalue weighted by Gasteiger charge is -2.36. The number of nitrogens with one attached hydrogen (secondary N) is 1. The number of anilines is 2. The highest BCUT2D eigenvalue weighted by Gasteiger charge is 2.19. The molecule has 2 heterocycles. The van der Waals surface area contributed by atoms with Gasteiger partial charge in [-0.3, -0.25) is 9.78 Å². The molecule has 0 bridgehead atoms. The number of H-pyrrole nitrogens is 1. The Morgan fingerprint density at radius 1 is 0.800 bits per heavy atom. The van der Waals surface area contributed by atoms with Gasteiger partial charge in [-0.05, 0) is 12.1 Å². The zero-order valence-corrected chi connectivity index (χ0v) is 13.9. The molecule has 0 atom stereocenters. The molecule has 1 aliphatic heterocycles. The number of para-hydroxylation sites is 1. The summed E-state index contributed by atoms with van der Waals surface area (Å²) in [6, 6.07) is 21.8. The van der Waals surface area contributed by atoms with E-state index in [0.717, 1.165) is 31.7 Å². The van der Waals surface area contributed by atoms with Crippen LogP contribution in [0.3, 0.4) is 0 Å². The van der Waals surface area contributed by atoms with Gasteiger partial charge in [-0.15, -0.1) is 0 Å². The van der Waals surface area contributed by atoms with Crippen molar-refractivity contribution >= 4 is 11.6 Å². The van der Waals surface area contributed by atoms with Gasteiger partial charge in [0.05, 0.1) is 5.69 Å². The second-order valence-corrected chi connectivity index (χ2v) is 6.13. The van der Waals surface area contributed by atoms with Crippen LogP contribution in [0.2, 0.25) is 0 Å². The van der Waals surface area contributed by atoms with Gasteiger partial charge in [0, 0.05) is 43.5 Å². The first-order valence-corrected chi connectivity index (χ1v) is 8.51. The van der Waals surface area contributed by atoms with E-state index in [0.29, 0.717) is 11.6 Å². The zero-order chi connectivity index (χ0) is 17.1. The summed E-state index contributed by atoms with van der Waals surface area (Å²) in [6.45, 7) is 3.47. The number of piperazine rings is 1. The minimum Gasteiger partial charge on any atom is -0.368 e. The summed E-state index contributed by atoms with van der Waals surface area (Å²) in [7, 11) is 0. The van der Waals surface area contributed by atoms with Crippen LogP contribution in [-0.4, -0.2) is 36.1 Å². The van der Waals surface area contributed by atoms with Crippen LogP contribution < -0.4 is 15.4 Å². The monoisotopic (exact) mass is 332 g/mol. The maximum atomic E-state index is 12.1. The molecule has 4 rings (SSSR count). The van der Waals surface area contributed by atoms with E-state index >= 15 is 0 Å². The molecule has 0 aliphatic carbocycles. The smallest absolute Gasteiger partial charge is 0.252 e. The number of hydrogen-bond donors (Lipinski definition) is 1. The largest absolute Gasteiger partial charge is 0.368 e. The molecule has 5 heteroatoms. The van der Waals surface area contributed by atoms with Crippen molar-refractivity contribution < 1.29 is 0 Å². The predicted molar refractivity (Wildman–Crippen MR) is 101 cm³/mol. The summed E-state index contributed by atoms with van der Waals surface area (Å²) >= 11 is 0. The lowest BCUT2D eigenvalue weighted by molar-refractivity contribution is 0.639. The molecule has 1 N–H and O–H groups in total. The average molecular weight is 332 g/mol. The minimum atomic E-state index is -0.116.